The van der Waals surface area contributed by atoms with E-state index >= 15 is 0 Å². The van der Waals surface area contributed by atoms with E-state index in [9.17, 15) is 13.6 Å². The van der Waals surface area contributed by atoms with Gasteiger partial charge in [0.15, 0.2) is 0 Å². The molecule has 1 saturated carbocycles. The summed E-state index contributed by atoms with van der Waals surface area (Å²) in [5, 5.41) is 1.03. The number of benzene rings is 3. The zero-order valence-corrected chi connectivity index (χ0v) is 19.6. The fraction of sp³-hybridized carbons (Fsp3) is 0.367. The van der Waals surface area contributed by atoms with Gasteiger partial charge in [-0.15, -0.1) is 0 Å². The summed E-state index contributed by atoms with van der Waals surface area (Å²) in [6.45, 7) is 2.24. The van der Waals surface area contributed by atoms with Crippen LogP contribution in [0.1, 0.15) is 74.2 Å². The Morgan fingerprint density at radius 2 is 1.79 bits per heavy atom. The Morgan fingerprint density at radius 3 is 2.56 bits per heavy atom. The number of rotatable bonds is 6. The highest BCUT2D eigenvalue weighted by atomic mass is 19.1. The van der Waals surface area contributed by atoms with Crippen molar-refractivity contribution in [3.8, 4) is 17.6 Å². The van der Waals surface area contributed by atoms with Crippen LogP contribution >= 0.6 is 0 Å². The van der Waals surface area contributed by atoms with Gasteiger partial charge in [-0.25, -0.2) is 13.6 Å². The second kappa shape index (κ2) is 11.3. The number of ether oxygens (including phenoxy) is 1. The molecule has 1 aliphatic rings. The minimum atomic E-state index is -0.797. The molecule has 0 N–H and O–H groups in total. The fourth-order valence-electron chi connectivity index (χ4n) is 4.67. The number of hydrogen-bond donors (Lipinski definition) is 0. The Kier molecular flexibility index (Phi) is 7.95. The molecule has 0 atom stereocenters. The van der Waals surface area contributed by atoms with Crippen molar-refractivity contribution in [2.45, 2.75) is 58.3 Å². The Hall–Kier alpha value is -3.19. The van der Waals surface area contributed by atoms with Gasteiger partial charge in [0.05, 0.1) is 5.56 Å². The van der Waals surface area contributed by atoms with Crippen LogP contribution in [0.15, 0.2) is 54.6 Å². The number of hydrogen-bond acceptors (Lipinski definition) is 2. The predicted octanol–water partition coefficient (Wildman–Crippen LogP) is 8.08. The zero-order chi connectivity index (χ0) is 23.9. The Morgan fingerprint density at radius 1 is 0.971 bits per heavy atom. The molecule has 1 fully saturated rings. The summed E-state index contributed by atoms with van der Waals surface area (Å²) in [4.78, 5) is 12.5. The Balaban J connectivity index is 1.36. The van der Waals surface area contributed by atoms with Crippen LogP contribution in [-0.4, -0.2) is 5.97 Å². The molecule has 0 aliphatic heterocycles. The third-order valence-corrected chi connectivity index (χ3v) is 6.68. The van der Waals surface area contributed by atoms with Gasteiger partial charge in [0.1, 0.15) is 17.4 Å². The number of fused-ring (bicyclic) bond motifs is 1. The van der Waals surface area contributed by atoms with E-state index in [1.807, 2.05) is 0 Å². The average Bonchev–Trinajstić information content (AvgIpc) is 2.84. The first kappa shape index (κ1) is 24.0. The average molecular weight is 461 g/mol. The molecule has 2 nitrogen and oxygen atoms in total. The molecular formula is C30H30F2O2. The van der Waals surface area contributed by atoms with Crippen molar-refractivity contribution < 1.29 is 18.3 Å². The fourth-order valence-corrected chi connectivity index (χ4v) is 4.67. The van der Waals surface area contributed by atoms with Gasteiger partial charge in [0, 0.05) is 16.9 Å². The smallest absolute Gasteiger partial charge is 0.346 e. The largest absolute Gasteiger partial charge is 0.423 e. The number of halogens is 2. The van der Waals surface area contributed by atoms with Crippen LogP contribution in [-0.2, 0) is 0 Å². The van der Waals surface area contributed by atoms with Gasteiger partial charge in [-0.3, -0.25) is 0 Å². The third kappa shape index (κ3) is 6.03. The molecule has 4 heteroatoms. The van der Waals surface area contributed by atoms with Crippen LogP contribution in [0.25, 0.3) is 10.8 Å². The van der Waals surface area contributed by atoms with Crippen molar-refractivity contribution >= 4 is 16.7 Å². The summed E-state index contributed by atoms with van der Waals surface area (Å²) >= 11 is 0. The first-order chi connectivity index (χ1) is 16.5. The number of esters is 1. The molecule has 0 heterocycles. The quantitative estimate of drug-likeness (QED) is 0.161. The molecule has 176 valence electrons. The molecule has 34 heavy (non-hydrogen) atoms. The van der Waals surface area contributed by atoms with Gasteiger partial charge in [-0.2, -0.15) is 0 Å². The molecule has 0 saturated heterocycles. The topological polar surface area (TPSA) is 26.3 Å². The van der Waals surface area contributed by atoms with Crippen LogP contribution in [0.5, 0.6) is 5.75 Å². The van der Waals surface area contributed by atoms with Crippen molar-refractivity contribution in [1.29, 1.82) is 0 Å². The number of unbranched alkanes of at least 4 members (excludes halogenated alkanes) is 2. The van der Waals surface area contributed by atoms with Gasteiger partial charge in [-0.05, 0) is 79.5 Å². The van der Waals surface area contributed by atoms with E-state index in [0.29, 0.717) is 22.3 Å². The second-order valence-electron chi connectivity index (χ2n) is 9.19. The van der Waals surface area contributed by atoms with Crippen molar-refractivity contribution in [3.63, 3.8) is 0 Å². The summed E-state index contributed by atoms with van der Waals surface area (Å²) in [7, 11) is 0. The SMILES string of the molecule is CCCCCC1CCC(C#Cc2ccc(C(=O)Oc3ccc4c(F)cccc4c3)c(F)c2)CC1. The van der Waals surface area contributed by atoms with Gasteiger partial charge in [0.25, 0.3) is 0 Å². The first-order valence-corrected chi connectivity index (χ1v) is 12.2. The summed E-state index contributed by atoms with van der Waals surface area (Å²) in [5.41, 5.74) is 0.401. The third-order valence-electron chi connectivity index (χ3n) is 6.68. The van der Waals surface area contributed by atoms with Crippen LogP contribution < -0.4 is 4.74 Å². The van der Waals surface area contributed by atoms with Crippen LogP contribution in [0.2, 0.25) is 0 Å². The summed E-state index contributed by atoms with van der Waals surface area (Å²) in [6, 6.07) is 13.6. The molecule has 0 bridgehead atoms. The molecule has 3 aromatic rings. The molecule has 4 rings (SSSR count). The molecule has 0 amide bonds. The highest BCUT2D eigenvalue weighted by Gasteiger charge is 2.19. The van der Waals surface area contributed by atoms with Crippen LogP contribution in [0.3, 0.4) is 0 Å². The minimum absolute atomic E-state index is 0.155. The predicted molar refractivity (Wildman–Crippen MR) is 132 cm³/mol. The Labute approximate surface area is 200 Å². The lowest BCUT2D eigenvalue weighted by molar-refractivity contribution is 0.0730. The second-order valence-corrected chi connectivity index (χ2v) is 9.19. The molecule has 0 spiro atoms. The maximum atomic E-state index is 14.7. The monoisotopic (exact) mass is 460 g/mol. The lowest BCUT2D eigenvalue weighted by Crippen LogP contribution is -2.13. The van der Waals surface area contributed by atoms with E-state index in [1.165, 1.54) is 62.8 Å². The van der Waals surface area contributed by atoms with E-state index in [4.69, 9.17) is 4.74 Å². The van der Waals surface area contributed by atoms with E-state index in [-0.39, 0.29) is 17.1 Å². The molecule has 1 aliphatic carbocycles. The van der Waals surface area contributed by atoms with Crippen molar-refractivity contribution in [3.05, 3.63) is 77.4 Å². The highest BCUT2D eigenvalue weighted by Crippen LogP contribution is 2.32. The number of carbonyl (C=O) groups excluding carboxylic acids is 1. The molecule has 0 unspecified atom stereocenters. The van der Waals surface area contributed by atoms with Gasteiger partial charge < -0.3 is 4.74 Å². The zero-order valence-electron chi connectivity index (χ0n) is 19.6. The van der Waals surface area contributed by atoms with E-state index in [0.717, 1.165) is 18.8 Å². The van der Waals surface area contributed by atoms with Crippen molar-refractivity contribution in [2.75, 3.05) is 0 Å². The van der Waals surface area contributed by atoms with Crippen LogP contribution in [0, 0.1) is 35.3 Å². The van der Waals surface area contributed by atoms with E-state index in [2.05, 4.69) is 18.8 Å². The molecule has 3 aromatic carbocycles. The maximum absolute atomic E-state index is 14.7. The van der Waals surface area contributed by atoms with Gasteiger partial charge in [-0.1, -0.05) is 56.6 Å². The Bertz CT molecular complexity index is 1210. The van der Waals surface area contributed by atoms with Gasteiger partial charge >= 0.3 is 5.97 Å². The molecule has 0 radical (unpaired) electrons. The van der Waals surface area contributed by atoms with Crippen LogP contribution in [0.4, 0.5) is 8.78 Å². The summed E-state index contributed by atoms with van der Waals surface area (Å²) in [6.07, 6.45) is 9.89. The summed E-state index contributed by atoms with van der Waals surface area (Å²) < 4.78 is 33.8. The first-order valence-electron chi connectivity index (χ1n) is 12.2. The molecular weight excluding hydrogens is 430 g/mol. The van der Waals surface area contributed by atoms with Crippen molar-refractivity contribution in [1.82, 2.24) is 0 Å². The normalized spacial score (nSPS) is 17.7. The lowest BCUT2D eigenvalue weighted by Gasteiger charge is -2.25. The molecule has 0 aromatic heterocycles. The summed E-state index contributed by atoms with van der Waals surface area (Å²) in [5.74, 6) is 5.99. The van der Waals surface area contributed by atoms with E-state index < -0.39 is 11.8 Å². The lowest BCUT2D eigenvalue weighted by atomic mass is 9.80. The minimum Gasteiger partial charge on any atom is -0.423 e. The number of carbonyl (C=O) groups is 1. The maximum Gasteiger partial charge on any atom is 0.346 e. The van der Waals surface area contributed by atoms with Gasteiger partial charge in [0.2, 0.25) is 0 Å². The highest BCUT2D eigenvalue weighted by molar-refractivity contribution is 5.92. The van der Waals surface area contributed by atoms with Crippen molar-refractivity contribution in [2.24, 2.45) is 11.8 Å². The van der Waals surface area contributed by atoms with E-state index in [1.54, 1.807) is 30.3 Å². The standard InChI is InChI=1S/C30H30F2O2/c1-2-3-4-6-21-9-11-22(12-10-21)13-14-23-15-17-27(29(32)19-23)30(33)34-25-16-18-26-24(20-25)7-5-8-28(26)31/h5,7-8,15-22H,2-4,6,9-12H2,1H3.